The molecule has 1 aromatic carbocycles. The zero-order chi connectivity index (χ0) is 15.6. The summed E-state index contributed by atoms with van der Waals surface area (Å²) < 4.78 is 31.9. The second kappa shape index (κ2) is 6.04. The molecule has 1 aliphatic rings. The summed E-state index contributed by atoms with van der Waals surface area (Å²) >= 11 is 0. The Morgan fingerprint density at radius 2 is 2.23 bits per heavy atom. The Morgan fingerprint density at radius 1 is 1.36 bits per heavy atom. The summed E-state index contributed by atoms with van der Waals surface area (Å²) in [5, 5.41) is 10.2. The first kappa shape index (κ1) is 15.0. The molecule has 1 aromatic heterocycles. The minimum absolute atomic E-state index is 0.0737. The Bertz CT molecular complexity index is 762. The Balaban J connectivity index is 1.69. The monoisotopic (exact) mass is 320 g/mol. The third-order valence-corrected chi connectivity index (χ3v) is 4.92. The molecule has 0 saturated carbocycles. The highest BCUT2D eigenvalue weighted by Gasteiger charge is 2.19. The van der Waals surface area contributed by atoms with Crippen molar-refractivity contribution in [1.82, 2.24) is 9.71 Å². The van der Waals surface area contributed by atoms with Crippen LogP contribution < -0.4 is 9.46 Å². The number of aliphatic hydroxyl groups excluding tert-OH is 1. The van der Waals surface area contributed by atoms with E-state index in [9.17, 15) is 13.5 Å². The van der Waals surface area contributed by atoms with Crippen molar-refractivity contribution < 1.29 is 18.3 Å². The predicted molar refractivity (Wildman–Crippen MR) is 80.0 cm³/mol. The first-order valence-corrected chi connectivity index (χ1v) is 8.38. The predicted octanol–water partition coefficient (Wildman–Crippen LogP) is 1.03. The fourth-order valence-corrected chi connectivity index (χ4v) is 3.31. The van der Waals surface area contributed by atoms with Gasteiger partial charge in [-0.15, -0.1) is 0 Å². The number of aromatic nitrogens is 1. The van der Waals surface area contributed by atoms with Crippen LogP contribution in [-0.2, 0) is 16.4 Å². The third-order valence-electron chi connectivity index (χ3n) is 3.51. The van der Waals surface area contributed by atoms with Crippen molar-refractivity contribution in [2.24, 2.45) is 0 Å². The van der Waals surface area contributed by atoms with E-state index in [1.54, 1.807) is 18.2 Å². The number of benzene rings is 1. The van der Waals surface area contributed by atoms with Crippen LogP contribution >= 0.6 is 0 Å². The van der Waals surface area contributed by atoms with Gasteiger partial charge in [-0.2, -0.15) is 0 Å². The second-order valence-electron chi connectivity index (χ2n) is 5.02. The van der Waals surface area contributed by atoms with Crippen LogP contribution in [0.5, 0.6) is 5.75 Å². The SMILES string of the molecule is O=S(=O)(NCC(O)c1ccc2c(c1)CCO2)c1cccnc1. The normalized spacial score (nSPS) is 15.1. The molecule has 2 aromatic rings. The lowest BCUT2D eigenvalue weighted by atomic mass is 10.0. The molecular weight excluding hydrogens is 304 g/mol. The molecule has 1 aliphatic heterocycles. The molecule has 22 heavy (non-hydrogen) atoms. The summed E-state index contributed by atoms with van der Waals surface area (Å²) in [6.45, 7) is 0.541. The first-order chi connectivity index (χ1) is 10.6. The summed E-state index contributed by atoms with van der Waals surface area (Å²) in [6.07, 6.45) is 2.65. The minimum atomic E-state index is -3.67. The molecule has 0 saturated heterocycles. The molecule has 7 heteroatoms. The van der Waals surface area contributed by atoms with E-state index in [0.29, 0.717) is 12.2 Å². The number of ether oxygens (including phenoxy) is 1. The van der Waals surface area contributed by atoms with E-state index in [2.05, 4.69) is 9.71 Å². The summed E-state index contributed by atoms with van der Waals surface area (Å²) in [4.78, 5) is 3.85. The number of hydrogen-bond acceptors (Lipinski definition) is 5. The molecule has 0 radical (unpaired) electrons. The van der Waals surface area contributed by atoms with Crippen molar-refractivity contribution in [2.75, 3.05) is 13.2 Å². The lowest BCUT2D eigenvalue weighted by Gasteiger charge is -2.13. The van der Waals surface area contributed by atoms with Gasteiger partial charge in [0.1, 0.15) is 10.6 Å². The summed E-state index contributed by atoms with van der Waals surface area (Å²) in [5.41, 5.74) is 1.70. The van der Waals surface area contributed by atoms with Crippen LogP contribution in [0.3, 0.4) is 0 Å². The molecule has 116 valence electrons. The van der Waals surface area contributed by atoms with Gasteiger partial charge in [0.2, 0.25) is 10.0 Å². The molecule has 2 N–H and O–H groups in total. The number of hydrogen-bond donors (Lipinski definition) is 2. The minimum Gasteiger partial charge on any atom is -0.493 e. The lowest BCUT2D eigenvalue weighted by molar-refractivity contribution is 0.182. The van der Waals surface area contributed by atoms with Gasteiger partial charge in [0.05, 0.1) is 12.7 Å². The summed E-state index contributed by atoms with van der Waals surface area (Å²) in [5.74, 6) is 0.826. The zero-order valence-corrected chi connectivity index (χ0v) is 12.6. The fraction of sp³-hybridized carbons (Fsp3) is 0.267. The van der Waals surface area contributed by atoms with Crippen molar-refractivity contribution in [1.29, 1.82) is 0 Å². The van der Waals surface area contributed by atoms with Crippen molar-refractivity contribution in [3.63, 3.8) is 0 Å². The van der Waals surface area contributed by atoms with Crippen LogP contribution in [0.15, 0.2) is 47.6 Å². The van der Waals surface area contributed by atoms with E-state index in [1.165, 1.54) is 18.5 Å². The third kappa shape index (κ3) is 3.11. The second-order valence-corrected chi connectivity index (χ2v) is 6.79. The van der Waals surface area contributed by atoms with Gasteiger partial charge in [0, 0.05) is 25.4 Å². The summed E-state index contributed by atoms with van der Waals surface area (Å²) in [6, 6.07) is 8.40. The molecule has 6 nitrogen and oxygen atoms in total. The van der Waals surface area contributed by atoms with Crippen molar-refractivity contribution >= 4 is 10.0 Å². The number of fused-ring (bicyclic) bond motifs is 1. The van der Waals surface area contributed by atoms with Gasteiger partial charge < -0.3 is 9.84 Å². The number of rotatable bonds is 5. The highest BCUT2D eigenvalue weighted by Crippen LogP contribution is 2.28. The molecule has 0 spiro atoms. The number of sulfonamides is 1. The molecule has 3 rings (SSSR count). The number of aliphatic hydroxyl groups is 1. The molecular formula is C15H16N2O4S. The fourth-order valence-electron chi connectivity index (χ4n) is 2.31. The van der Waals surface area contributed by atoms with Gasteiger partial charge in [-0.3, -0.25) is 4.98 Å². The van der Waals surface area contributed by atoms with Gasteiger partial charge in [0.25, 0.3) is 0 Å². The van der Waals surface area contributed by atoms with Crippen LogP contribution in [0, 0.1) is 0 Å². The Morgan fingerprint density at radius 3 is 3.00 bits per heavy atom. The van der Waals surface area contributed by atoms with E-state index in [-0.39, 0.29) is 11.4 Å². The molecule has 2 heterocycles. The van der Waals surface area contributed by atoms with Gasteiger partial charge in [0.15, 0.2) is 0 Å². The van der Waals surface area contributed by atoms with Crippen molar-refractivity contribution in [3.05, 3.63) is 53.9 Å². The van der Waals surface area contributed by atoms with Gasteiger partial charge in [-0.05, 0) is 35.4 Å². The Kier molecular flexibility index (Phi) is 4.10. The van der Waals surface area contributed by atoms with Gasteiger partial charge in [-0.1, -0.05) is 6.07 Å². The van der Waals surface area contributed by atoms with Crippen LogP contribution in [0.1, 0.15) is 17.2 Å². The summed E-state index contributed by atoms with van der Waals surface area (Å²) in [7, 11) is -3.67. The molecule has 1 atom stereocenters. The van der Waals surface area contributed by atoms with Crippen LogP contribution in [-0.4, -0.2) is 31.7 Å². The molecule has 0 bridgehead atoms. The highest BCUT2D eigenvalue weighted by molar-refractivity contribution is 7.89. The van der Waals surface area contributed by atoms with Crippen molar-refractivity contribution in [3.8, 4) is 5.75 Å². The lowest BCUT2D eigenvalue weighted by Crippen LogP contribution is -2.28. The van der Waals surface area contributed by atoms with Gasteiger partial charge >= 0.3 is 0 Å². The smallest absolute Gasteiger partial charge is 0.242 e. The molecule has 1 unspecified atom stereocenters. The zero-order valence-electron chi connectivity index (χ0n) is 11.8. The number of pyridine rings is 1. The van der Waals surface area contributed by atoms with Crippen molar-refractivity contribution in [2.45, 2.75) is 17.4 Å². The average molecular weight is 320 g/mol. The Labute approximate surface area is 128 Å². The molecule has 0 amide bonds. The first-order valence-electron chi connectivity index (χ1n) is 6.90. The number of nitrogens with zero attached hydrogens (tertiary/aromatic N) is 1. The number of nitrogens with one attached hydrogen (secondary N) is 1. The van der Waals surface area contributed by atoms with E-state index < -0.39 is 16.1 Å². The van der Waals surface area contributed by atoms with E-state index in [0.717, 1.165) is 17.7 Å². The standard InChI is InChI=1S/C15H16N2O4S/c18-14(11-3-4-15-12(8-11)5-7-21-15)10-17-22(19,20)13-2-1-6-16-9-13/h1-4,6,8-9,14,17-18H,5,7,10H2. The maximum Gasteiger partial charge on any atom is 0.242 e. The maximum atomic E-state index is 12.1. The van der Waals surface area contributed by atoms with E-state index in [4.69, 9.17) is 4.74 Å². The highest BCUT2D eigenvalue weighted by atomic mass is 32.2. The average Bonchev–Trinajstić information content (AvgIpc) is 3.01. The van der Waals surface area contributed by atoms with E-state index >= 15 is 0 Å². The van der Waals surface area contributed by atoms with Crippen LogP contribution in [0.25, 0.3) is 0 Å². The maximum absolute atomic E-state index is 12.1. The molecule has 0 fully saturated rings. The molecule has 0 aliphatic carbocycles. The van der Waals surface area contributed by atoms with Gasteiger partial charge in [-0.25, -0.2) is 13.1 Å². The quantitative estimate of drug-likeness (QED) is 0.859. The van der Waals surface area contributed by atoms with Crippen LogP contribution in [0.2, 0.25) is 0 Å². The Hall–Kier alpha value is -1.96. The largest absolute Gasteiger partial charge is 0.493 e. The van der Waals surface area contributed by atoms with Crippen LogP contribution in [0.4, 0.5) is 0 Å². The van der Waals surface area contributed by atoms with E-state index in [1.807, 2.05) is 6.07 Å². The topological polar surface area (TPSA) is 88.5 Å².